The summed E-state index contributed by atoms with van der Waals surface area (Å²) in [6.07, 6.45) is -4.16. The summed E-state index contributed by atoms with van der Waals surface area (Å²) in [7, 11) is 1.32. The standard InChI is InChI=1S/C7H14F3N/c1-6(2,3)5(11-4)7(8,9)10/h5,11H,1-4H3/t5-/m0/s1. The Morgan fingerprint density at radius 1 is 1.09 bits per heavy atom. The van der Waals surface area contributed by atoms with Crippen LogP contribution in [0.5, 0.6) is 0 Å². The zero-order valence-electron chi connectivity index (χ0n) is 7.21. The van der Waals surface area contributed by atoms with Crippen LogP contribution < -0.4 is 5.32 Å². The van der Waals surface area contributed by atoms with Crippen LogP contribution >= 0.6 is 0 Å². The van der Waals surface area contributed by atoms with Crippen LogP contribution in [0.15, 0.2) is 0 Å². The molecule has 0 saturated carbocycles. The minimum absolute atomic E-state index is 0.785. The van der Waals surface area contributed by atoms with Crippen molar-refractivity contribution in [3.8, 4) is 0 Å². The predicted octanol–water partition coefficient (Wildman–Crippen LogP) is 2.18. The Morgan fingerprint density at radius 3 is 1.45 bits per heavy atom. The lowest BCUT2D eigenvalue weighted by Gasteiger charge is -2.31. The molecule has 11 heavy (non-hydrogen) atoms. The van der Waals surface area contributed by atoms with Gasteiger partial charge in [-0.3, -0.25) is 0 Å². The highest BCUT2D eigenvalue weighted by molar-refractivity contribution is 4.85. The lowest BCUT2D eigenvalue weighted by Crippen LogP contribution is -2.49. The summed E-state index contributed by atoms with van der Waals surface area (Å²) in [6, 6.07) is -1.44. The highest BCUT2D eigenvalue weighted by atomic mass is 19.4. The van der Waals surface area contributed by atoms with Gasteiger partial charge in [0.2, 0.25) is 0 Å². The summed E-state index contributed by atoms with van der Waals surface area (Å²) in [5.74, 6) is 0. The van der Waals surface area contributed by atoms with Crippen molar-refractivity contribution in [2.45, 2.75) is 33.0 Å². The van der Waals surface area contributed by atoms with Crippen molar-refractivity contribution in [2.24, 2.45) is 5.41 Å². The minimum atomic E-state index is -4.16. The average molecular weight is 169 g/mol. The maximum atomic E-state index is 12.2. The van der Waals surface area contributed by atoms with Crippen LogP contribution in [0.4, 0.5) is 13.2 Å². The topological polar surface area (TPSA) is 12.0 Å². The third-order valence-electron chi connectivity index (χ3n) is 1.48. The van der Waals surface area contributed by atoms with Gasteiger partial charge in [0.25, 0.3) is 0 Å². The average Bonchev–Trinajstić information content (AvgIpc) is 1.56. The van der Waals surface area contributed by atoms with Crippen LogP contribution in [0.1, 0.15) is 20.8 Å². The third kappa shape index (κ3) is 3.10. The van der Waals surface area contributed by atoms with Gasteiger partial charge in [0, 0.05) is 0 Å². The van der Waals surface area contributed by atoms with Gasteiger partial charge in [-0.05, 0) is 12.5 Å². The van der Waals surface area contributed by atoms with E-state index in [1.165, 1.54) is 7.05 Å². The van der Waals surface area contributed by atoms with Crippen LogP contribution in [-0.4, -0.2) is 19.3 Å². The molecule has 0 spiro atoms. The molecule has 0 aliphatic heterocycles. The van der Waals surface area contributed by atoms with Crippen molar-refractivity contribution >= 4 is 0 Å². The van der Waals surface area contributed by atoms with Crippen LogP contribution in [0.25, 0.3) is 0 Å². The van der Waals surface area contributed by atoms with E-state index in [-0.39, 0.29) is 0 Å². The summed E-state index contributed by atoms with van der Waals surface area (Å²) >= 11 is 0. The largest absolute Gasteiger partial charge is 0.404 e. The summed E-state index contributed by atoms with van der Waals surface area (Å²) in [5.41, 5.74) is -0.785. The van der Waals surface area contributed by atoms with E-state index in [0.29, 0.717) is 0 Å². The first-order chi connectivity index (χ1) is 4.69. The van der Waals surface area contributed by atoms with Gasteiger partial charge in [-0.1, -0.05) is 20.8 Å². The molecule has 0 rings (SSSR count). The van der Waals surface area contributed by atoms with Gasteiger partial charge in [0.05, 0.1) is 0 Å². The lowest BCUT2D eigenvalue weighted by atomic mass is 9.86. The molecule has 1 nitrogen and oxygen atoms in total. The molecule has 1 atom stereocenters. The number of hydrogen-bond acceptors (Lipinski definition) is 1. The van der Waals surface area contributed by atoms with Crippen molar-refractivity contribution in [2.75, 3.05) is 7.05 Å². The molecule has 1 N–H and O–H groups in total. The van der Waals surface area contributed by atoms with Crippen LogP contribution in [0.3, 0.4) is 0 Å². The fraction of sp³-hybridized carbons (Fsp3) is 1.00. The van der Waals surface area contributed by atoms with Crippen molar-refractivity contribution in [1.29, 1.82) is 0 Å². The summed E-state index contributed by atoms with van der Waals surface area (Å²) in [6.45, 7) is 4.67. The van der Waals surface area contributed by atoms with Gasteiger partial charge in [-0.25, -0.2) is 0 Å². The number of hydrogen-bond donors (Lipinski definition) is 1. The molecule has 4 heteroatoms. The smallest absolute Gasteiger partial charge is 0.309 e. The quantitative estimate of drug-likeness (QED) is 0.634. The van der Waals surface area contributed by atoms with Crippen LogP contribution in [-0.2, 0) is 0 Å². The molecule has 0 heterocycles. The first-order valence-electron chi connectivity index (χ1n) is 3.43. The molecule has 0 saturated heterocycles. The SMILES string of the molecule is CN[C@@H](C(C)(C)C)C(F)(F)F. The van der Waals surface area contributed by atoms with Crippen LogP contribution in [0, 0.1) is 5.41 Å². The van der Waals surface area contributed by atoms with Gasteiger partial charge in [-0.15, -0.1) is 0 Å². The van der Waals surface area contributed by atoms with E-state index in [0.717, 1.165) is 0 Å². The molecular weight excluding hydrogens is 155 g/mol. The second-order valence-corrected chi connectivity index (χ2v) is 3.63. The fourth-order valence-corrected chi connectivity index (χ4v) is 1.09. The molecule has 0 aromatic carbocycles. The molecule has 0 fully saturated rings. The Morgan fingerprint density at radius 2 is 1.45 bits per heavy atom. The Hall–Kier alpha value is -0.250. The Kier molecular flexibility index (Phi) is 2.94. The number of rotatable bonds is 1. The zero-order valence-corrected chi connectivity index (χ0v) is 7.21. The Labute approximate surface area is 65.0 Å². The van der Waals surface area contributed by atoms with Crippen molar-refractivity contribution < 1.29 is 13.2 Å². The maximum absolute atomic E-state index is 12.2. The van der Waals surface area contributed by atoms with Crippen molar-refractivity contribution in [3.05, 3.63) is 0 Å². The molecule has 0 aromatic heterocycles. The van der Waals surface area contributed by atoms with E-state index in [1.807, 2.05) is 0 Å². The van der Waals surface area contributed by atoms with Crippen molar-refractivity contribution in [3.63, 3.8) is 0 Å². The van der Waals surface area contributed by atoms with Gasteiger partial charge in [0.15, 0.2) is 0 Å². The van der Waals surface area contributed by atoms with Gasteiger partial charge < -0.3 is 5.32 Å². The van der Waals surface area contributed by atoms with Gasteiger partial charge >= 0.3 is 6.18 Å². The monoisotopic (exact) mass is 169 g/mol. The number of halogens is 3. The van der Waals surface area contributed by atoms with Crippen LogP contribution in [0.2, 0.25) is 0 Å². The Bertz CT molecular complexity index is 109. The Balaban J connectivity index is 4.43. The van der Waals surface area contributed by atoms with E-state index >= 15 is 0 Å². The molecule has 0 aliphatic carbocycles. The summed E-state index contributed by atoms with van der Waals surface area (Å²) in [5, 5.41) is 2.26. The second kappa shape index (κ2) is 3.01. The maximum Gasteiger partial charge on any atom is 0.404 e. The van der Waals surface area contributed by atoms with E-state index in [9.17, 15) is 13.2 Å². The predicted molar refractivity (Wildman–Crippen MR) is 38.4 cm³/mol. The normalized spacial score (nSPS) is 16.6. The van der Waals surface area contributed by atoms with E-state index < -0.39 is 17.6 Å². The molecule has 0 radical (unpaired) electrons. The van der Waals surface area contributed by atoms with E-state index in [1.54, 1.807) is 20.8 Å². The first kappa shape index (κ1) is 10.8. The third-order valence-corrected chi connectivity index (χ3v) is 1.48. The molecule has 0 aromatic rings. The molecular formula is C7H14F3N. The molecule has 0 bridgehead atoms. The highest BCUT2D eigenvalue weighted by Crippen LogP contribution is 2.32. The zero-order chi connectivity index (χ0) is 9.28. The number of nitrogens with one attached hydrogen (secondary N) is 1. The fourth-order valence-electron chi connectivity index (χ4n) is 1.09. The molecule has 0 aliphatic rings. The van der Waals surface area contributed by atoms with E-state index in [4.69, 9.17) is 0 Å². The van der Waals surface area contributed by atoms with Crippen molar-refractivity contribution in [1.82, 2.24) is 5.32 Å². The number of alkyl halides is 3. The summed E-state index contributed by atoms with van der Waals surface area (Å²) in [4.78, 5) is 0. The molecule has 0 unspecified atom stereocenters. The van der Waals surface area contributed by atoms with Gasteiger partial charge in [-0.2, -0.15) is 13.2 Å². The second-order valence-electron chi connectivity index (χ2n) is 3.63. The first-order valence-corrected chi connectivity index (χ1v) is 3.43. The van der Waals surface area contributed by atoms with Gasteiger partial charge in [0.1, 0.15) is 6.04 Å². The highest BCUT2D eigenvalue weighted by Gasteiger charge is 2.45. The molecule has 0 amide bonds. The van der Waals surface area contributed by atoms with E-state index in [2.05, 4.69) is 5.32 Å². The summed E-state index contributed by atoms with van der Waals surface area (Å²) < 4.78 is 36.5. The minimum Gasteiger partial charge on any atom is -0.309 e. The lowest BCUT2D eigenvalue weighted by molar-refractivity contribution is -0.176. The molecule has 68 valence electrons.